The molecule has 3 aromatic rings. The molecule has 33 heavy (non-hydrogen) atoms. The van der Waals surface area contributed by atoms with E-state index in [0.717, 1.165) is 15.7 Å². The van der Waals surface area contributed by atoms with E-state index in [9.17, 15) is 19.2 Å². The molecule has 2 aromatic carbocycles. The van der Waals surface area contributed by atoms with Gasteiger partial charge in [-0.05, 0) is 11.6 Å². The third-order valence-electron chi connectivity index (χ3n) is 5.73. The summed E-state index contributed by atoms with van der Waals surface area (Å²) in [5, 5.41) is 5.43. The van der Waals surface area contributed by atoms with Crippen LogP contribution in [-0.4, -0.2) is 28.1 Å². The zero-order valence-electron chi connectivity index (χ0n) is 18.3. The molecule has 0 aliphatic carbocycles. The Labute approximate surface area is 189 Å². The number of carbonyl (C=O) groups is 2. The molecule has 9 heteroatoms. The predicted molar refractivity (Wildman–Crippen MR) is 122 cm³/mol. The topological polar surface area (TPSA) is 111 Å². The fourth-order valence-electron chi connectivity index (χ4n) is 3.98. The summed E-state index contributed by atoms with van der Waals surface area (Å²) in [4.78, 5) is 51.1. The van der Waals surface area contributed by atoms with Crippen LogP contribution in [0.1, 0.15) is 29.0 Å². The Hall–Kier alpha value is -4.14. The number of rotatable bonds is 7. The number of methoxy groups -OCH3 is 1. The van der Waals surface area contributed by atoms with Crippen molar-refractivity contribution in [2.45, 2.75) is 25.4 Å². The summed E-state index contributed by atoms with van der Waals surface area (Å²) in [6.45, 7) is 0.401. The second kappa shape index (κ2) is 9.15. The molecule has 1 aliphatic heterocycles. The zero-order valence-corrected chi connectivity index (χ0v) is 18.3. The second-order valence-corrected chi connectivity index (χ2v) is 7.82. The molecule has 0 saturated heterocycles. The SMILES string of the molecule is COc1ccccc1CNC(=O)C[C@H]1C(=O)Nc2c1c(=O)n(C)c(=O)n2Cc1ccccc1. The smallest absolute Gasteiger partial charge is 0.332 e. The van der Waals surface area contributed by atoms with Crippen molar-refractivity contribution in [1.82, 2.24) is 14.5 Å². The fourth-order valence-corrected chi connectivity index (χ4v) is 3.98. The maximum Gasteiger partial charge on any atom is 0.332 e. The summed E-state index contributed by atoms with van der Waals surface area (Å²) in [6.07, 6.45) is -0.216. The number of aromatic nitrogens is 2. The lowest BCUT2D eigenvalue weighted by atomic mass is 9.99. The molecule has 0 fully saturated rings. The molecule has 170 valence electrons. The van der Waals surface area contributed by atoms with Gasteiger partial charge in [-0.25, -0.2) is 4.79 Å². The van der Waals surface area contributed by atoms with Crippen molar-refractivity contribution in [3.63, 3.8) is 0 Å². The van der Waals surface area contributed by atoms with Crippen LogP contribution in [0, 0.1) is 0 Å². The third kappa shape index (κ3) is 4.30. The Bertz CT molecular complexity index is 1330. The molecule has 0 spiro atoms. The lowest BCUT2D eigenvalue weighted by Crippen LogP contribution is -2.40. The summed E-state index contributed by atoms with van der Waals surface area (Å²) in [5.74, 6) is -1.07. The van der Waals surface area contributed by atoms with Crippen LogP contribution in [0.15, 0.2) is 64.2 Å². The number of hydrogen-bond donors (Lipinski definition) is 2. The van der Waals surface area contributed by atoms with Crippen LogP contribution in [0.5, 0.6) is 5.75 Å². The number of benzene rings is 2. The highest BCUT2D eigenvalue weighted by molar-refractivity contribution is 6.04. The van der Waals surface area contributed by atoms with Crippen molar-refractivity contribution < 1.29 is 14.3 Å². The number of carbonyl (C=O) groups excluding carboxylic acids is 2. The van der Waals surface area contributed by atoms with Gasteiger partial charge in [0, 0.05) is 25.6 Å². The molecule has 1 atom stereocenters. The van der Waals surface area contributed by atoms with Crippen LogP contribution in [0.2, 0.25) is 0 Å². The summed E-state index contributed by atoms with van der Waals surface area (Å²) in [7, 11) is 2.92. The van der Waals surface area contributed by atoms with Crippen LogP contribution in [0.25, 0.3) is 0 Å². The van der Waals surface area contributed by atoms with E-state index in [0.29, 0.717) is 5.75 Å². The Kier molecular flexibility index (Phi) is 6.12. The Morgan fingerprint density at radius 3 is 2.48 bits per heavy atom. The van der Waals surface area contributed by atoms with Gasteiger partial charge in [0.1, 0.15) is 11.6 Å². The van der Waals surface area contributed by atoms with E-state index in [1.54, 1.807) is 13.2 Å². The monoisotopic (exact) mass is 448 g/mol. The number of nitrogens with one attached hydrogen (secondary N) is 2. The molecule has 9 nitrogen and oxygen atoms in total. The van der Waals surface area contributed by atoms with Crippen LogP contribution < -0.4 is 26.6 Å². The molecule has 1 aromatic heterocycles. The van der Waals surface area contributed by atoms with Gasteiger partial charge in [-0.3, -0.25) is 23.5 Å². The first kappa shape index (κ1) is 22.1. The van der Waals surface area contributed by atoms with Crippen molar-refractivity contribution in [3.05, 3.63) is 92.1 Å². The van der Waals surface area contributed by atoms with E-state index in [4.69, 9.17) is 4.74 Å². The fraction of sp³-hybridized carbons (Fsp3) is 0.250. The van der Waals surface area contributed by atoms with Crippen molar-refractivity contribution in [3.8, 4) is 5.75 Å². The van der Waals surface area contributed by atoms with Gasteiger partial charge < -0.3 is 15.4 Å². The number of para-hydroxylation sites is 1. The Morgan fingerprint density at radius 2 is 1.76 bits per heavy atom. The normalized spacial score (nSPS) is 14.5. The highest BCUT2D eigenvalue weighted by Gasteiger charge is 2.38. The molecule has 0 saturated carbocycles. The van der Waals surface area contributed by atoms with Gasteiger partial charge in [-0.1, -0.05) is 48.5 Å². The zero-order chi connectivity index (χ0) is 23.5. The first-order valence-corrected chi connectivity index (χ1v) is 10.5. The van der Waals surface area contributed by atoms with Crippen molar-refractivity contribution in [2.75, 3.05) is 12.4 Å². The first-order chi connectivity index (χ1) is 15.9. The number of ether oxygens (including phenoxy) is 1. The molecule has 2 amide bonds. The van der Waals surface area contributed by atoms with Crippen LogP contribution in [0.4, 0.5) is 5.82 Å². The van der Waals surface area contributed by atoms with E-state index in [1.165, 1.54) is 11.6 Å². The van der Waals surface area contributed by atoms with Gasteiger partial charge in [0.2, 0.25) is 11.8 Å². The van der Waals surface area contributed by atoms with Crippen LogP contribution >= 0.6 is 0 Å². The number of amides is 2. The van der Waals surface area contributed by atoms with Gasteiger partial charge in [0.25, 0.3) is 5.56 Å². The van der Waals surface area contributed by atoms with E-state index < -0.39 is 29.0 Å². The van der Waals surface area contributed by atoms with E-state index >= 15 is 0 Å². The molecule has 0 unspecified atom stereocenters. The number of anilines is 1. The summed E-state index contributed by atoms with van der Waals surface area (Å²) in [6, 6.07) is 16.5. The largest absolute Gasteiger partial charge is 0.496 e. The molecular weight excluding hydrogens is 424 g/mol. The highest BCUT2D eigenvalue weighted by atomic mass is 16.5. The molecule has 2 heterocycles. The average Bonchev–Trinajstić information content (AvgIpc) is 3.15. The van der Waals surface area contributed by atoms with Crippen molar-refractivity contribution in [1.29, 1.82) is 0 Å². The Morgan fingerprint density at radius 1 is 1.06 bits per heavy atom. The maximum absolute atomic E-state index is 12.9. The standard InChI is InChI=1S/C24H24N4O5/c1-27-23(31)20-17(12-19(29)25-13-16-10-6-7-11-18(16)33-2)22(30)26-21(20)28(24(27)32)14-15-8-4-3-5-9-15/h3-11,17H,12-14H2,1-2H3,(H,25,29)(H,26,30)/t17-/m1/s1. The van der Waals surface area contributed by atoms with E-state index in [2.05, 4.69) is 10.6 Å². The summed E-state index contributed by atoms with van der Waals surface area (Å²) >= 11 is 0. The minimum atomic E-state index is -0.987. The number of fused-ring (bicyclic) bond motifs is 1. The lowest BCUT2D eigenvalue weighted by molar-refractivity contribution is -0.125. The summed E-state index contributed by atoms with van der Waals surface area (Å²) < 4.78 is 7.62. The first-order valence-electron chi connectivity index (χ1n) is 10.5. The quantitative estimate of drug-likeness (QED) is 0.567. The molecule has 0 radical (unpaired) electrons. The van der Waals surface area contributed by atoms with Gasteiger partial charge in [-0.15, -0.1) is 0 Å². The second-order valence-electron chi connectivity index (χ2n) is 7.82. The van der Waals surface area contributed by atoms with Gasteiger partial charge in [0.05, 0.1) is 25.1 Å². The van der Waals surface area contributed by atoms with Gasteiger partial charge >= 0.3 is 5.69 Å². The highest BCUT2D eigenvalue weighted by Crippen LogP contribution is 2.31. The number of hydrogen-bond acceptors (Lipinski definition) is 5. The van der Waals surface area contributed by atoms with Gasteiger partial charge in [-0.2, -0.15) is 0 Å². The number of nitrogens with zero attached hydrogens (tertiary/aromatic N) is 2. The molecule has 0 bridgehead atoms. The minimum absolute atomic E-state index is 0.130. The maximum atomic E-state index is 12.9. The van der Waals surface area contributed by atoms with E-state index in [1.807, 2.05) is 48.5 Å². The molecule has 2 N–H and O–H groups in total. The average molecular weight is 448 g/mol. The molecular formula is C24H24N4O5. The van der Waals surface area contributed by atoms with E-state index in [-0.39, 0.29) is 30.9 Å². The lowest BCUT2D eigenvalue weighted by Gasteiger charge is -2.14. The van der Waals surface area contributed by atoms with Crippen molar-refractivity contribution in [2.24, 2.45) is 7.05 Å². The van der Waals surface area contributed by atoms with Crippen LogP contribution in [0.3, 0.4) is 0 Å². The third-order valence-corrected chi connectivity index (χ3v) is 5.73. The van der Waals surface area contributed by atoms with Gasteiger partial charge in [0.15, 0.2) is 0 Å². The van der Waals surface area contributed by atoms with Crippen molar-refractivity contribution >= 4 is 17.6 Å². The molecule has 1 aliphatic rings. The summed E-state index contributed by atoms with van der Waals surface area (Å²) in [5.41, 5.74) is 0.639. The Balaban J connectivity index is 1.60. The van der Waals surface area contributed by atoms with Crippen LogP contribution in [-0.2, 0) is 29.7 Å². The minimum Gasteiger partial charge on any atom is -0.496 e. The predicted octanol–water partition coefficient (Wildman–Crippen LogP) is 1.35. The molecule has 4 rings (SSSR count).